The van der Waals surface area contributed by atoms with E-state index in [0.717, 1.165) is 37.5 Å². The maximum atomic E-state index is 5.56. The van der Waals surface area contributed by atoms with E-state index in [1.165, 1.54) is 0 Å². The summed E-state index contributed by atoms with van der Waals surface area (Å²) in [5.74, 6) is 0. The van der Waals surface area contributed by atoms with Crippen molar-refractivity contribution in [1.29, 1.82) is 0 Å². The van der Waals surface area contributed by atoms with E-state index in [2.05, 4.69) is 29.1 Å². The summed E-state index contributed by atoms with van der Waals surface area (Å²) in [6.45, 7) is 7.34. The van der Waals surface area contributed by atoms with E-state index < -0.39 is 0 Å². The zero-order valence-corrected chi connectivity index (χ0v) is 9.95. The van der Waals surface area contributed by atoms with Crippen molar-refractivity contribution in [3.63, 3.8) is 0 Å². The van der Waals surface area contributed by atoms with E-state index >= 15 is 0 Å². The van der Waals surface area contributed by atoms with Gasteiger partial charge in [0.2, 0.25) is 0 Å². The fourth-order valence-corrected chi connectivity index (χ4v) is 1.74. The summed E-state index contributed by atoms with van der Waals surface area (Å²) in [6, 6.07) is 0.559. The van der Waals surface area contributed by atoms with Crippen LogP contribution in [0.3, 0.4) is 0 Å². The lowest BCUT2D eigenvalue weighted by molar-refractivity contribution is 0.256. The average Bonchev–Trinajstić information content (AvgIpc) is 2.45. The fourth-order valence-electron chi connectivity index (χ4n) is 1.74. The van der Waals surface area contributed by atoms with Gasteiger partial charge in [0.15, 0.2) is 0 Å². The van der Waals surface area contributed by atoms with Crippen LogP contribution in [0.15, 0.2) is 16.9 Å². The Kier molecular flexibility index (Phi) is 4.62. The third-order valence-corrected chi connectivity index (χ3v) is 2.74. The third kappa shape index (κ3) is 3.23. The lowest BCUT2D eigenvalue weighted by Gasteiger charge is -2.25. The smallest absolute Gasteiger partial charge is 0.0734 e. The predicted molar refractivity (Wildman–Crippen MR) is 65.0 cm³/mol. The number of hydrogen-bond donors (Lipinski definition) is 2. The van der Waals surface area contributed by atoms with Gasteiger partial charge in [-0.1, -0.05) is 0 Å². The zero-order chi connectivity index (χ0) is 11.3. The Balaban J connectivity index is 2.75. The number of hydrogen-bond acceptors (Lipinski definition) is 4. The number of nitrogens with zero attached hydrogens (tertiary/aromatic N) is 2. The van der Waals surface area contributed by atoms with Crippen LogP contribution >= 0.6 is 0 Å². The van der Waals surface area contributed by atoms with Crippen molar-refractivity contribution < 1.29 is 0 Å². The van der Waals surface area contributed by atoms with Crippen LogP contribution in [0, 0.1) is 0 Å². The Morgan fingerprint density at radius 1 is 1.60 bits per heavy atom. The summed E-state index contributed by atoms with van der Waals surface area (Å²) >= 11 is 0. The van der Waals surface area contributed by atoms with Crippen LogP contribution in [0.2, 0.25) is 0 Å². The molecule has 1 aliphatic rings. The Morgan fingerprint density at radius 2 is 2.33 bits per heavy atom. The molecule has 0 amide bonds. The van der Waals surface area contributed by atoms with Crippen LogP contribution in [0.4, 0.5) is 0 Å². The van der Waals surface area contributed by atoms with Crippen molar-refractivity contribution in [3.8, 4) is 0 Å². The molecule has 0 aliphatic carbocycles. The first-order valence-corrected chi connectivity index (χ1v) is 5.56. The van der Waals surface area contributed by atoms with Gasteiger partial charge in [0.05, 0.1) is 11.4 Å². The molecule has 1 rings (SSSR count). The Labute approximate surface area is 92.2 Å². The number of rotatable bonds is 3. The zero-order valence-electron chi connectivity index (χ0n) is 9.95. The van der Waals surface area contributed by atoms with Gasteiger partial charge in [-0.05, 0) is 20.3 Å². The second kappa shape index (κ2) is 5.75. The number of nitrogens with two attached hydrogens (primary N) is 1. The van der Waals surface area contributed by atoms with Gasteiger partial charge in [0.25, 0.3) is 0 Å². The van der Waals surface area contributed by atoms with E-state index in [1.54, 1.807) is 6.20 Å². The van der Waals surface area contributed by atoms with Crippen LogP contribution in [0.25, 0.3) is 0 Å². The Bertz CT molecular complexity index is 255. The van der Waals surface area contributed by atoms with E-state index in [1.807, 2.05) is 7.05 Å². The second-order valence-corrected chi connectivity index (χ2v) is 4.08. The van der Waals surface area contributed by atoms with Crippen LogP contribution < -0.4 is 11.1 Å². The first-order chi connectivity index (χ1) is 7.19. The fraction of sp³-hybridized carbons (Fsp3) is 0.727. The van der Waals surface area contributed by atoms with Gasteiger partial charge in [-0.2, -0.15) is 0 Å². The molecule has 1 heterocycles. The summed E-state index contributed by atoms with van der Waals surface area (Å²) in [7, 11) is 1.88. The summed E-state index contributed by atoms with van der Waals surface area (Å²) in [6.07, 6.45) is 2.73. The molecular weight excluding hydrogens is 188 g/mol. The largest absolute Gasteiger partial charge is 0.403 e. The molecule has 0 saturated carbocycles. The topological polar surface area (TPSA) is 53.6 Å². The van der Waals surface area contributed by atoms with Crippen molar-refractivity contribution in [3.05, 3.63) is 11.9 Å². The van der Waals surface area contributed by atoms with Crippen LogP contribution in [0.5, 0.6) is 0 Å². The van der Waals surface area contributed by atoms with E-state index in [4.69, 9.17) is 5.73 Å². The van der Waals surface area contributed by atoms with Crippen molar-refractivity contribution in [1.82, 2.24) is 10.2 Å². The van der Waals surface area contributed by atoms with Gasteiger partial charge in [-0.15, -0.1) is 0 Å². The van der Waals surface area contributed by atoms with Gasteiger partial charge in [0, 0.05) is 38.9 Å². The molecule has 1 aliphatic heterocycles. The molecule has 0 bridgehead atoms. The average molecular weight is 210 g/mol. The Hall–Kier alpha value is -1.03. The van der Waals surface area contributed by atoms with Crippen molar-refractivity contribution in [2.75, 3.05) is 26.7 Å². The van der Waals surface area contributed by atoms with Gasteiger partial charge in [0.1, 0.15) is 0 Å². The van der Waals surface area contributed by atoms with Gasteiger partial charge in [-0.3, -0.25) is 9.89 Å². The first kappa shape index (κ1) is 12.0. The highest BCUT2D eigenvalue weighted by Crippen LogP contribution is 2.07. The molecule has 0 fully saturated rings. The third-order valence-electron chi connectivity index (χ3n) is 2.74. The summed E-state index contributed by atoms with van der Waals surface area (Å²) in [5.41, 5.74) is 7.58. The van der Waals surface area contributed by atoms with Gasteiger partial charge >= 0.3 is 0 Å². The van der Waals surface area contributed by atoms with Crippen LogP contribution in [0.1, 0.15) is 20.3 Å². The van der Waals surface area contributed by atoms with Gasteiger partial charge < -0.3 is 11.1 Å². The molecule has 3 N–H and O–H groups in total. The maximum Gasteiger partial charge on any atom is 0.0734 e. The highest BCUT2D eigenvalue weighted by molar-refractivity contribution is 6.01. The van der Waals surface area contributed by atoms with Crippen molar-refractivity contribution in [2.24, 2.45) is 10.7 Å². The minimum absolute atomic E-state index is 0.559. The molecule has 0 atom stereocenters. The second-order valence-electron chi connectivity index (χ2n) is 4.08. The molecule has 4 nitrogen and oxygen atoms in total. The standard InChI is InChI=1S/C11H22N4/c1-9(2)15-6-4-5-14-11(8-15)10(7-12)13-3/h7,9,13H,4-6,8,12H2,1-3H3/b10-7+. The summed E-state index contributed by atoms with van der Waals surface area (Å²) in [4.78, 5) is 6.99. The first-order valence-electron chi connectivity index (χ1n) is 5.56. The van der Waals surface area contributed by atoms with Gasteiger partial charge in [-0.25, -0.2) is 0 Å². The van der Waals surface area contributed by atoms with Crippen LogP contribution in [-0.4, -0.2) is 43.3 Å². The maximum absolute atomic E-state index is 5.56. The molecule has 0 aromatic heterocycles. The lowest BCUT2D eigenvalue weighted by Crippen LogP contribution is -2.37. The molecule has 0 saturated heterocycles. The van der Waals surface area contributed by atoms with Crippen LogP contribution in [-0.2, 0) is 0 Å². The monoisotopic (exact) mass is 210 g/mol. The molecule has 0 unspecified atom stereocenters. The highest BCUT2D eigenvalue weighted by atomic mass is 15.2. The number of nitrogens with one attached hydrogen (secondary N) is 1. The molecule has 15 heavy (non-hydrogen) atoms. The molecule has 0 aromatic carbocycles. The molecule has 4 heteroatoms. The highest BCUT2D eigenvalue weighted by Gasteiger charge is 2.16. The Morgan fingerprint density at radius 3 is 2.87 bits per heavy atom. The summed E-state index contributed by atoms with van der Waals surface area (Å²) in [5, 5.41) is 3.09. The molecule has 0 radical (unpaired) electrons. The SMILES string of the molecule is CN/C(=C/N)C1=NCCCN(C(C)C)C1. The molecule has 0 spiro atoms. The molecule has 86 valence electrons. The van der Waals surface area contributed by atoms with E-state index in [0.29, 0.717) is 6.04 Å². The quantitative estimate of drug-likeness (QED) is 0.715. The summed E-state index contributed by atoms with van der Waals surface area (Å²) < 4.78 is 0. The molecule has 0 aromatic rings. The minimum atomic E-state index is 0.559. The minimum Gasteiger partial charge on any atom is -0.403 e. The van der Waals surface area contributed by atoms with E-state index in [9.17, 15) is 0 Å². The lowest BCUT2D eigenvalue weighted by atomic mass is 10.2. The van der Waals surface area contributed by atoms with E-state index in [-0.39, 0.29) is 0 Å². The number of aliphatic imine (C=N–C) groups is 1. The van der Waals surface area contributed by atoms with Crippen molar-refractivity contribution in [2.45, 2.75) is 26.3 Å². The predicted octanol–water partition coefficient (Wildman–Crippen LogP) is 0.561. The molecular formula is C11H22N4. The normalized spacial score (nSPS) is 20.0. The van der Waals surface area contributed by atoms with Crippen molar-refractivity contribution >= 4 is 5.71 Å².